The fraction of sp³-hybridized carbons (Fsp3) is 0.312. The number of amides is 1. The minimum atomic E-state index is -0.334. The Morgan fingerprint density at radius 2 is 2.26 bits per heavy atom. The van der Waals surface area contributed by atoms with Crippen LogP contribution in [0.15, 0.2) is 34.9 Å². The van der Waals surface area contributed by atoms with E-state index in [-0.39, 0.29) is 12.0 Å². The highest BCUT2D eigenvalue weighted by Crippen LogP contribution is 2.28. The van der Waals surface area contributed by atoms with Gasteiger partial charge in [0.2, 0.25) is 11.7 Å². The van der Waals surface area contributed by atoms with E-state index >= 15 is 0 Å². The zero-order valence-electron chi connectivity index (χ0n) is 12.6. The number of rotatable bonds is 2. The molecule has 1 amide bonds. The fourth-order valence-corrected chi connectivity index (χ4v) is 3.71. The molecule has 3 heterocycles. The predicted octanol–water partition coefficient (Wildman–Crippen LogP) is 2.81. The molecule has 1 atom stereocenters. The van der Waals surface area contributed by atoms with Gasteiger partial charge in [-0.25, -0.2) is 0 Å². The second-order valence-corrected chi connectivity index (χ2v) is 6.51. The molecule has 0 saturated carbocycles. The normalized spacial score (nSPS) is 18.5. The zero-order chi connectivity index (χ0) is 15.8. The van der Waals surface area contributed by atoms with Gasteiger partial charge in [-0.2, -0.15) is 4.98 Å². The van der Waals surface area contributed by atoms with Crippen LogP contribution in [0.4, 0.5) is 0 Å². The van der Waals surface area contributed by atoms with Crippen molar-refractivity contribution in [2.45, 2.75) is 13.0 Å². The molecule has 1 fully saturated rings. The van der Waals surface area contributed by atoms with E-state index in [1.165, 1.54) is 11.3 Å². The number of morpholine rings is 1. The lowest BCUT2D eigenvalue weighted by molar-refractivity contribution is -0.0274. The number of benzene rings is 1. The van der Waals surface area contributed by atoms with Crippen LogP contribution in [0.25, 0.3) is 10.1 Å². The molecule has 0 bridgehead atoms. The Morgan fingerprint density at radius 1 is 1.39 bits per heavy atom. The topological polar surface area (TPSA) is 68.5 Å². The van der Waals surface area contributed by atoms with Crippen molar-refractivity contribution in [3.05, 3.63) is 46.9 Å². The summed E-state index contributed by atoms with van der Waals surface area (Å²) in [5.74, 6) is 1.02. The molecule has 6 nitrogen and oxygen atoms in total. The van der Waals surface area contributed by atoms with Crippen LogP contribution >= 0.6 is 11.3 Å². The molecule has 1 aromatic carbocycles. The summed E-state index contributed by atoms with van der Waals surface area (Å²) < 4.78 is 11.8. The average molecular weight is 329 g/mol. The van der Waals surface area contributed by atoms with E-state index in [0.29, 0.717) is 31.4 Å². The maximum Gasteiger partial charge on any atom is 0.264 e. The maximum absolute atomic E-state index is 12.8. The first-order chi connectivity index (χ1) is 11.2. The first-order valence-electron chi connectivity index (χ1n) is 7.40. The van der Waals surface area contributed by atoms with E-state index in [4.69, 9.17) is 9.26 Å². The van der Waals surface area contributed by atoms with Gasteiger partial charge < -0.3 is 14.2 Å². The summed E-state index contributed by atoms with van der Waals surface area (Å²) in [6.45, 7) is 3.21. The van der Waals surface area contributed by atoms with E-state index in [9.17, 15) is 4.79 Å². The molecule has 7 heteroatoms. The quantitative estimate of drug-likeness (QED) is 0.723. The van der Waals surface area contributed by atoms with E-state index in [1.807, 2.05) is 30.3 Å². The Kier molecular flexibility index (Phi) is 3.59. The number of carbonyl (C=O) groups excluding carboxylic acids is 1. The summed E-state index contributed by atoms with van der Waals surface area (Å²) >= 11 is 1.52. The van der Waals surface area contributed by atoms with E-state index in [1.54, 1.807) is 11.8 Å². The number of hydrogen-bond acceptors (Lipinski definition) is 6. The number of carbonyl (C=O) groups is 1. The lowest BCUT2D eigenvalue weighted by Crippen LogP contribution is -2.42. The van der Waals surface area contributed by atoms with Crippen molar-refractivity contribution in [3.63, 3.8) is 0 Å². The monoisotopic (exact) mass is 329 g/mol. The highest BCUT2D eigenvalue weighted by atomic mass is 32.1. The standard InChI is InChI=1S/C16H15N3O3S/c1-10-17-15(18-22-10)12-9-19(6-7-21-12)16(20)14-8-11-4-2-3-5-13(11)23-14/h2-5,8,12H,6-7,9H2,1H3/t12-/m1/s1. The van der Waals surface area contributed by atoms with Crippen LogP contribution in [0.5, 0.6) is 0 Å². The summed E-state index contributed by atoms with van der Waals surface area (Å²) in [6, 6.07) is 9.96. The second kappa shape index (κ2) is 5.75. The molecule has 0 spiro atoms. The Morgan fingerprint density at radius 3 is 3.04 bits per heavy atom. The van der Waals surface area contributed by atoms with Crippen molar-refractivity contribution >= 4 is 27.3 Å². The molecule has 4 rings (SSSR count). The third kappa shape index (κ3) is 2.73. The summed E-state index contributed by atoms with van der Waals surface area (Å²) in [7, 11) is 0. The van der Waals surface area contributed by atoms with Crippen molar-refractivity contribution in [2.24, 2.45) is 0 Å². The Hall–Kier alpha value is -2.25. The predicted molar refractivity (Wildman–Crippen MR) is 85.5 cm³/mol. The Bertz CT molecular complexity index is 824. The van der Waals surface area contributed by atoms with Crippen LogP contribution in [-0.4, -0.2) is 40.6 Å². The number of thiophene rings is 1. The first-order valence-corrected chi connectivity index (χ1v) is 8.22. The van der Waals surface area contributed by atoms with E-state index in [2.05, 4.69) is 10.1 Å². The van der Waals surface area contributed by atoms with Crippen molar-refractivity contribution in [1.29, 1.82) is 0 Å². The summed E-state index contributed by atoms with van der Waals surface area (Å²) in [5.41, 5.74) is 0. The third-order valence-electron chi connectivity index (χ3n) is 3.82. The Balaban J connectivity index is 1.55. The second-order valence-electron chi connectivity index (χ2n) is 5.43. The van der Waals surface area contributed by atoms with Crippen LogP contribution in [0.2, 0.25) is 0 Å². The SMILES string of the molecule is Cc1nc([C@H]2CN(C(=O)c3cc4ccccc4s3)CCO2)no1. The van der Waals surface area contributed by atoms with Crippen molar-refractivity contribution in [3.8, 4) is 0 Å². The van der Waals surface area contributed by atoms with Crippen LogP contribution in [0.3, 0.4) is 0 Å². The summed E-state index contributed by atoms with van der Waals surface area (Å²) in [4.78, 5) is 19.5. The van der Waals surface area contributed by atoms with Gasteiger partial charge in [0.25, 0.3) is 5.91 Å². The fourth-order valence-electron chi connectivity index (χ4n) is 2.68. The molecule has 23 heavy (non-hydrogen) atoms. The lowest BCUT2D eigenvalue weighted by Gasteiger charge is -2.31. The molecule has 0 unspecified atom stereocenters. The van der Waals surface area contributed by atoms with Crippen molar-refractivity contribution in [1.82, 2.24) is 15.0 Å². The maximum atomic E-state index is 12.8. The summed E-state index contributed by atoms with van der Waals surface area (Å²) in [6.07, 6.45) is -0.334. The van der Waals surface area contributed by atoms with Crippen LogP contribution in [0, 0.1) is 6.92 Å². The number of hydrogen-bond donors (Lipinski definition) is 0. The lowest BCUT2D eigenvalue weighted by atomic mass is 10.2. The molecule has 1 saturated heterocycles. The number of aryl methyl sites for hydroxylation is 1. The van der Waals surface area contributed by atoms with E-state index in [0.717, 1.165) is 15.0 Å². The molecular weight excluding hydrogens is 314 g/mol. The average Bonchev–Trinajstić information content (AvgIpc) is 3.20. The van der Waals surface area contributed by atoms with Gasteiger partial charge in [-0.3, -0.25) is 4.79 Å². The zero-order valence-corrected chi connectivity index (χ0v) is 13.4. The first kappa shape index (κ1) is 14.3. The van der Waals surface area contributed by atoms with Gasteiger partial charge in [-0.1, -0.05) is 23.4 Å². The van der Waals surface area contributed by atoms with Gasteiger partial charge >= 0.3 is 0 Å². The smallest absolute Gasteiger partial charge is 0.264 e. The highest BCUT2D eigenvalue weighted by Gasteiger charge is 2.29. The van der Waals surface area contributed by atoms with E-state index < -0.39 is 0 Å². The van der Waals surface area contributed by atoms with Crippen LogP contribution < -0.4 is 0 Å². The molecule has 1 aliphatic heterocycles. The third-order valence-corrected chi connectivity index (χ3v) is 4.93. The molecule has 118 valence electrons. The molecule has 1 aliphatic rings. The molecular formula is C16H15N3O3S. The molecule has 2 aromatic heterocycles. The largest absolute Gasteiger partial charge is 0.366 e. The summed E-state index contributed by atoms with van der Waals surface area (Å²) in [5, 5.41) is 4.99. The highest BCUT2D eigenvalue weighted by molar-refractivity contribution is 7.20. The van der Waals surface area contributed by atoms with Gasteiger partial charge in [0.1, 0.15) is 6.10 Å². The minimum absolute atomic E-state index is 0.0275. The van der Waals surface area contributed by atoms with Gasteiger partial charge in [-0.05, 0) is 17.5 Å². The number of ether oxygens (including phenoxy) is 1. The molecule has 3 aromatic rings. The molecule has 0 N–H and O–H groups in total. The van der Waals surface area contributed by atoms with Crippen LogP contribution in [-0.2, 0) is 4.74 Å². The molecule has 0 radical (unpaired) electrons. The number of nitrogens with zero attached hydrogens (tertiary/aromatic N) is 3. The van der Waals surface area contributed by atoms with Gasteiger partial charge in [0.15, 0.2) is 0 Å². The van der Waals surface area contributed by atoms with Crippen molar-refractivity contribution in [2.75, 3.05) is 19.7 Å². The van der Waals surface area contributed by atoms with Crippen LogP contribution in [0.1, 0.15) is 27.5 Å². The number of fused-ring (bicyclic) bond motifs is 1. The van der Waals surface area contributed by atoms with Gasteiger partial charge in [-0.15, -0.1) is 11.3 Å². The van der Waals surface area contributed by atoms with Gasteiger partial charge in [0.05, 0.1) is 18.0 Å². The minimum Gasteiger partial charge on any atom is -0.366 e. The number of aromatic nitrogens is 2. The van der Waals surface area contributed by atoms with Gasteiger partial charge in [0, 0.05) is 18.2 Å². The van der Waals surface area contributed by atoms with Crippen molar-refractivity contribution < 1.29 is 14.1 Å². The Labute approximate surface area is 136 Å². The molecule has 0 aliphatic carbocycles.